The van der Waals surface area contributed by atoms with Crippen LogP contribution in [0.15, 0.2) is 12.1 Å². The molecule has 1 aromatic rings. The van der Waals surface area contributed by atoms with Crippen LogP contribution in [0.3, 0.4) is 0 Å². The molecule has 8 heteroatoms. The van der Waals surface area contributed by atoms with Crippen molar-refractivity contribution in [2.75, 3.05) is 26.3 Å². The molecule has 5 nitrogen and oxygen atoms in total. The normalized spacial score (nSPS) is 22.8. The maximum Gasteiger partial charge on any atom is 0.433 e. The smallest absolute Gasteiger partial charge is 0.350 e. The van der Waals surface area contributed by atoms with E-state index in [-0.39, 0.29) is 29.4 Å². The first-order valence-electron chi connectivity index (χ1n) is 7.93. The summed E-state index contributed by atoms with van der Waals surface area (Å²) in [5.74, 6) is -0.204. The van der Waals surface area contributed by atoms with Crippen molar-refractivity contribution in [1.29, 1.82) is 0 Å². The summed E-state index contributed by atoms with van der Waals surface area (Å²) in [6, 6.07) is 2.06. The van der Waals surface area contributed by atoms with Gasteiger partial charge in [0.15, 0.2) is 6.29 Å². The molecule has 2 aliphatic heterocycles. The standard InChI is InChI=1S/C16H19F3N2O3/c1-10-12(4-5-13(20-10)16(17,18)19)14(22)21-6-2-3-11(9-21)15-23-7-8-24-15/h4-5,11,15H,2-3,6-9H2,1H3. The van der Waals surface area contributed by atoms with Crippen LogP contribution in [0.4, 0.5) is 13.2 Å². The Hall–Kier alpha value is -1.67. The molecule has 24 heavy (non-hydrogen) atoms. The van der Waals surface area contributed by atoms with Crippen molar-refractivity contribution in [2.45, 2.75) is 32.2 Å². The van der Waals surface area contributed by atoms with Crippen molar-refractivity contribution in [3.63, 3.8) is 0 Å². The number of nitrogens with zero attached hydrogens (tertiary/aromatic N) is 2. The highest BCUT2D eigenvalue weighted by molar-refractivity contribution is 5.95. The van der Waals surface area contributed by atoms with Crippen molar-refractivity contribution in [3.05, 3.63) is 29.1 Å². The fourth-order valence-electron chi connectivity index (χ4n) is 3.18. The molecule has 0 N–H and O–H groups in total. The van der Waals surface area contributed by atoms with E-state index in [1.807, 2.05) is 0 Å². The number of piperidine rings is 1. The lowest BCUT2D eigenvalue weighted by Gasteiger charge is -2.35. The molecule has 0 saturated carbocycles. The van der Waals surface area contributed by atoms with Gasteiger partial charge in [-0.25, -0.2) is 4.98 Å². The highest BCUT2D eigenvalue weighted by Gasteiger charge is 2.35. The molecule has 1 atom stereocenters. The summed E-state index contributed by atoms with van der Waals surface area (Å²) in [6.07, 6.45) is -3.10. The van der Waals surface area contributed by atoms with Gasteiger partial charge in [-0.3, -0.25) is 4.79 Å². The van der Waals surface area contributed by atoms with Gasteiger partial charge in [0.2, 0.25) is 0 Å². The van der Waals surface area contributed by atoms with Crippen LogP contribution in [0, 0.1) is 12.8 Å². The molecule has 0 aromatic carbocycles. The van der Waals surface area contributed by atoms with Gasteiger partial charge in [-0.05, 0) is 31.9 Å². The highest BCUT2D eigenvalue weighted by Crippen LogP contribution is 2.29. The molecule has 1 aromatic heterocycles. The molecular formula is C16H19F3N2O3. The average molecular weight is 344 g/mol. The zero-order valence-corrected chi connectivity index (χ0v) is 13.3. The second kappa shape index (κ2) is 6.68. The van der Waals surface area contributed by atoms with Crippen molar-refractivity contribution in [3.8, 4) is 0 Å². The summed E-state index contributed by atoms with van der Waals surface area (Å²) >= 11 is 0. The number of carbonyl (C=O) groups excluding carboxylic acids is 1. The third kappa shape index (κ3) is 3.54. The summed E-state index contributed by atoms with van der Waals surface area (Å²) in [4.78, 5) is 17.8. The molecule has 132 valence electrons. The van der Waals surface area contributed by atoms with Gasteiger partial charge in [0, 0.05) is 19.0 Å². The molecule has 2 aliphatic rings. The van der Waals surface area contributed by atoms with Gasteiger partial charge in [0.25, 0.3) is 5.91 Å². The van der Waals surface area contributed by atoms with Gasteiger partial charge < -0.3 is 14.4 Å². The number of amides is 1. The average Bonchev–Trinajstić information content (AvgIpc) is 3.08. The number of rotatable bonds is 2. The van der Waals surface area contributed by atoms with E-state index in [1.165, 1.54) is 13.0 Å². The van der Waals surface area contributed by atoms with Crippen molar-refractivity contribution in [1.82, 2.24) is 9.88 Å². The van der Waals surface area contributed by atoms with Crippen LogP contribution in [0.1, 0.15) is 34.6 Å². The molecule has 2 fully saturated rings. The zero-order valence-electron chi connectivity index (χ0n) is 13.3. The fourth-order valence-corrected chi connectivity index (χ4v) is 3.18. The molecule has 0 spiro atoms. The fraction of sp³-hybridized carbons (Fsp3) is 0.625. The maximum absolute atomic E-state index is 12.7. The number of halogens is 3. The zero-order chi connectivity index (χ0) is 17.3. The lowest BCUT2D eigenvalue weighted by atomic mass is 9.96. The minimum Gasteiger partial charge on any atom is -0.350 e. The Balaban J connectivity index is 1.73. The van der Waals surface area contributed by atoms with E-state index in [1.54, 1.807) is 4.90 Å². The summed E-state index contributed by atoms with van der Waals surface area (Å²) in [5.41, 5.74) is -0.692. The Kier molecular flexibility index (Phi) is 4.78. The molecule has 3 rings (SSSR count). The topological polar surface area (TPSA) is 51.7 Å². The van der Waals surface area contributed by atoms with Crippen LogP contribution in [0.5, 0.6) is 0 Å². The van der Waals surface area contributed by atoms with Crippen LogP contribution in [-0.2, 0) is 15.7 Å². The molecular weight excluding hydrogens is 325 g/mol. The van der Waals surface area contributed by atoms with E-state index in [4.69, 9.17) is 9.47 Å². The van der Waals surface area contributed by atoms with E-state index < -0.39 is 11.9 Å². The number of aromatic nitrogens is 1. The first-order chi connectivity index (χ1) is 11.4. The van der Waals surface area contributed by atoms with E-state index >= 15 is 0 Å². The molecule has 0 radical (unpaired) electrons. The minimum absolute atomic E-state index is 0.0883. The summed E-state index contributed by atoms with van der Waals surface area (Å²) in [7, 11) is 0. The predicted molar refractivity (Wildman–Crippen MR) is 78.3 cm³/mol. The Morgan fingerprint density at radius 2 is 2.00 bits per heavy atom. The quantitative estimate of drug-likeness (QED) is 0.828. The van der Waals surface area contributed by atoms with Crippen LogP contribution >= 0.6 is 0 Å². The number of hydrogen-bond acceptors (Lipinski definition) is 4. The van der Waals surface area contributed by atoms with E-state index in [9.17, 15) is 18.0 Å². The van der Waals surface area contributed by atoms with Gasteiger partial charge in [-0.2, -0.15) is 13.2 Å². The second-order valence-electron chi connectivity index (χ2n) is 6.09. The maximum atomic E-state index is 12.7. The first-order valence-corrected chi connectivity index (χ1v) is 7.93. The summed E-state index contributed by atoms with van der Waals surface area (Å²) in [6.45, 7) is 3.58. The van der Waals surface area contributed by atoms with E-state index in [0.29, 0.717) is 26.3 Å². The highest BCUT2D eigenvalue weighted by atomic mass is 19.4. The number of alkyl halides is 3. The number of hydrogen-bond donors (Lipinski definition) is 0. The second-order valence-corrected chi connectivity index (χ2v) is 6.09. The minimum atomic E-state index is -4.51. The van der Waals surface area contributed by atoms with Gasteiger partial charge in [0.05, 0.1) is 24.5 Å². The van der Waals surface area contributed by atoms with Crippen LogP contribution in [-0.4, -0.2) is 48.4 Å². The predicted octanol–water partition coefficient (Wildman–Crippen LogP) is 2.63. The first kappa shape index (κ1) is 17.2. The number of aryl methyl sites for hydroxylation is 1. The van der Waals surface area contributed by atoms with Crippen LogP contribution < -0.4 is 0 Å². The third-order valence-electron chi connectivity index (χ3n) is 4.38. The monoisotopic (exact) mass is 344 g/mol. The Labute approximate surface area is 137 Å². The molecule has 1 amide bonds. The lowest BCUT2D eigenvalue weighted by molar-refractivity contribution is -0.141. The number of carbonyl (C=O) groups is 1. The SMILES string of the molecule is Cc1nc(C(F)(F)F)ccc1C(=O)N1CCCC(C2OCCO2)C1. The third-order valence-corrected chi connectivity index (χ3v) is 4.38. The van der Waals surface area contributed by atoms with Gasteiger partial charge in [-0.15, -0.1) is 0 Å². The van der Waals surface area contributed by atoms with Crippen molar-refractivity contribution < 1.29 is 27.4 Å². The van der Waals surface area contributed by atoms with Gasteiger partial charge in [-0.1, -0.05) is 0 Å². The Bertz CT molecular complexity index is 615. The largest absolute Gasteiger partial charge is 0.433 e. The van der Waals surface area contributed by atoms with Crippen molar-refractivity contribution in [2.24, 2.45) is 5.92 Å². The number of ether oxygens (including phenoxy) is 2. The Morgan fingerprint density at radius 3 is 2.62 bits per heavy atom. The molecule has 0 aliphatic carbocycles. The van der Waals surface area contributed by atoms with Crippen LogP contribution in [0.2, 0.25) is 0 Å². The molecule has 0 bridgehead atoms. The van der Waals surface area contributed by atoms with Gasteiger partial charge >= 0.3 is 6.18 Å². The molecule has 1 unspecified atom stereocenters. The van der Waals surface area contributed by atoms with Crippen LogP contribution in [0.25, 0.3) is 0 Å². The molecule has 2 saturated heterocycles. The van der Waals surface area contributed by atoms with Gasteiger partial charge in [0.1, 0.15) is 5.69 Å². The summed E-state index contributed by atoms with van der Waals surface area (Å²) in [5, 5.41) is 0. The van der Waals surface area contributed by atoms with E-state index in [2.05, 4.69) is 4.98 Å². The number of likely N-dealkylation sites (tertiary alicyclic amines) is 1. The van der Waals surface area contributed by atoms with E-state index in [0.717, 1.165) is 18.9 Å². The Morgan fingerprint density at radius 1 is 1.29 bits per heavy atom. The van der Waals surface area contributed by atoms with Crippen molar-refractivity contribution >= 4 is 5.91 Å². The molecule has 3 heterocycles. The number of pyridine rings is 1. The summed E-state index contributed by atoms with van der Waals surface area (Å²) < 4.78 is 49.1. The lowest BCUT2D eigenvalue weighted by Crippen LogP contribution is -2.44.